The van der Waals surface area contributed by atoms with E-state index in [0.29, 0.717) is 0 Å². The summed E-state index contributed by atoms with van der Waals surface area (Å²) in [5, 5.41) is 2.14. The van der Waals surface area contributed by atoms with E-state index in [-0.39, 0.29) is 0 Å². The van der Waals surface area contributed by atoms with Crippen LogP contribution in [-0.2, 0) is 12.8 Å². The molecule has 118 valence electrons. The van der Waals surface area contributed by atoms with Crippen LogP contribution < -0.4 is 0 Å². The van der Waals surface area contributed by atoms with Crippen LogP contribution in [0.1, 0.15) is 47.5 Å². The maximum Gasteiger partial charge on any atom is 0.107 e. The molecule has 0 saturated heterocycles. The van der Waals surface area contributed by atoms with Crippen molar-refractivity contribution in [3.05, 3.63) is 45.8 Å². The van der Waals surface area contributed by atoms with Gasteiger partial charge < -0.3 is 0 Å². The SMILES string of the molecule is CCc1cc(SSc2cc(CC)c(C)c(C)n2)nc(C)c1C. The van der Waals surface area contributed by atoms with Crippen molar-refractivity contribution in [3.63, 3.8) is 0 Å². The molecule has 4 heteroatoms. The van der Waals surface area contributed by atoms with Crippen LogP contribution in [-0.4, -0.2) is 9.97 Å². The molecule has 2 nitrogen and oxygen atoms in total. The molecule has 22 heavy (non-hydrogen) atoms. The quantitative estimate of drug-likeness (QED) is 0.662. The molecule has 0 radical (unpaired) electrons. The van der Waals surface area contributed by atoms with Crippen molar-refractivity contribution in [1.82, 2.24) is 9.97 Å². The van der Waals surface area contributed by atoms with Crippen LogP contribution in [0.2, 0.25) is 0 Å². The summed E-state index contributed by atoms with van der Waals surface area (Å²) in [6.45, 7) is 12.9. The third kappa shape index (κ3) is 3.85. The van der Waals surface area contributed by atoms with Crippen LogP contribution in [0.4, 0.5) is 0 Å². The Balaban J connectivity index is 2.20. The monoisotopic (exact) mass is 332 g/mol. The first-order chi connectivity index (χ1) is 10.5. The topological polar surface area (TPSA) is 25.8 Å². The molecule has 0 amide bonds. The number of hydrogen-bond acceptors (Lipinski definition) is 4. The van der Waals surface area contributed by atoms with Gasteiger partial charge in [0.05, 0.1) is 0 Å². The van der Waals surface area contributed by atoms with Crippen molar-refractivity contribution in [2.24, 2.45) is 0 Å². The Labute approximate surface area is 141 Å². The molecule has 0 N–H and O–H groups in total. The summed E-state index contributed by atoms with van der Waals surface area (Å²) in [7, 11) is 3.41. The molecule has 0 aromatic carbocycles. The van der Waals surface area contributed by atoms with Gasteiger partial charge in [-0.15, -0.1) is 0 Å². The van der Waals surface area contributed by atoms with Crippen molar-refractivity contribution in [2.45, 2.75) is 64.4 Å². The maximum atomic E-state index is 4.69. The summed E-state index contributed by atoms with van der Waals surface area (Å²) in [5.74, 6) is 0. The van der Waals surface area contributed by atoms with Gasteiger partial charge in [0, 0.05) is 11.4 Å². The number of nitrogens with zero attached hydrogens (tertiary/aromatic N) is 2. The summed E-state index contributed by atoms with van der Waals surface area (Å²) in [6.07, 6.45) is 2.10. The van der Waals surface area contributed by atoms with Crippen molar-refractivity contribution >= 4 is 21.6 Å². The third-order valence-electron chi connectivity index (χ3n) is 4.17. The number of pyridine rings is 2. The summed E-state index contributed by atoms with van der Waals surface area (Å²) >= 11 is 0. The van der Waals surface area contributed by atoms with E-state index in [9.17, 15) is 0 Å². The fourth-order valence-corrected chi connectivity index (χ4v) is 4.37. The Bertz CT molecular complexity index is 622. The first-order valence-electron chi connectivity index (χ1n) is 7.75. The predicted octanol–water partition coefficient (Wildman–Crippen LogP) is 5.63. The zero-order valence-corrected chi connectivity index (χ0v) is 15.9. The van der Waals surface area contributed by atoms with Crippen LogP contribution in [0.5, 0.6) is 0 Å². The minimum atomic E-state index is 1.05. The van der Waals surface area contributed by atoms with Crippen molar-refractivity contribution < 1.29 is 0 Å². The first-order valence-corrected chi connectivity index (χ1v) is 9.90. The van der Waals surface area contributed by atoms with Gasteiger partial charge in [-0.05, 0) is 96.5 Å². The van der Waals surface area contributed by atoms with E-state index in [2.05, 4.69) is 53.7 Å². The van der Waals surface area contributed by atoms with E-state index in [1.807, 2.05) is 0 Å². The van der Waals surface area contributed by atoms with E-state index >= 15 is 0 Å². The smallest absolute Gasteiger partial charge is 0.107 e. The second kappa shape index (κ2) is 7.51. The standard InChI is InChI=1S/C18H24N2S2/c1-7-15-9-17(19-13(5)11(15)3)21-22-18-10-16(8-2)12(4)14(6)20-18/h9-10H,7-8H2,1-6H3. The van der Waals surface area contributed by atoms with Crippen LogP contribution >= 0.6 is 21.6 Å². The second-order valence-corrected chi connectivity index (χ2v) is 7.70. The largest absolute Gasteiger partial charge is 0.246 e. The molecule has 0 bridgehead atoms. The average molecular weight is 333 g/mol. The van der Waals surface area contributed by atoms with Gasteiger partial charge in [-0.3, -0.25) is 0 Å². The lowest BCUT2D eigenvalue weighted by atomic mass is 10.1. The van der Waals surface area contributed by atoms with Gasteiger partial charge in [-0.25, -0.2) is 9.97 Å². The Kier molecular flexibility index (Phi) is 5.93. The number of aryl methyl sites for hydroxylation is 4. The fraction of sp³-hybridized carbons (Fsp3) is 0.444. The molecular formula is C18H24N2S2. The van der Waals surface area contributed by atoms with Gasteiger partial charge in [-0.2, -0.15) is 0 Å². The van der Waals surface area contributed by atoms with Crippen molar-refractivity contribution in [3.8, 4) is 0 Å². The zero-order valence-electron chi connectivity index (χ0n) is 14.3. The van der Waals surface area contributed by atoms with Crippen LogP contribution in [0.15, 0.2) is 22.2 Å². The van der Waals surface area contributed by atoms with E-state index in [1.165, 1.54) is 22.3 Å². The summed E-state index contributed by atoms with van der Waals surface area (Å²) in [5.41, 5.74) is 7.66. The lowest BCUT2D eigenvalue weighted by molar-refractivity contribution is 0.976. The molecule has 0 spiro atoms. The molecule has 2 heterocycles. The minimum absolute atomic E-state index is 1.05. The second-order valence-electron chi connectivity index (χ2n) is 5.53. The highest BCUT2D eigenvalue weighted by atomic mass is 33.1. The Morgan fingerprint density at radius 2 is 1.09 bits per heavy atom. The highest BCUT2D eigenvalue weighted by Gasteiger charge is 2.09. The summed E-state index contributed by atoms with van der Waals surface area (Å²) in [6, 6.07) is 4.42. The molecule has 0 aliphatic carbocycles. The minimum Gasteiger partial charge on any atom is -0.246 e. The zero-order chi connectivity index (χ0) is 16.3. The van der Waals surface area contributed by atoms with Gasteiger partial charge >= 0.3 is 0 Å². The molecule has 0 fully saturated rings. The van der Waals surface area contributed by atoms with Crippen molar-refractivity contribution in [2.75, 3.05) is 0 Å². The molecule has 2 aromatic heterocycles. The number of hydrogen-bond donors (Lipinski definition) is 0. The van der Waals surface area contributed by atoms with Crippen LogP contribution in [0, 0.1) is 27.7 Å². The highest BCUT2D eigenvalue weighted by Crippen LogP contribution is 2.37. The maximum absolute atomic E-state index is 4.69. The molecule has 0 unspecified atom stereocenters. The van der Waals surface area contributed by atoms with Crippen molar-refractivity contribution in [1.29, 1.82) is 0 Å². The number of aromatic nitrogens is 2. The lowest BCUT2D eigenvalue weighted by Gasteiger charge is -2.11. The Morgan fingerprint density at radius 1 is 0.727 bits per heavy atom. The molecule has 0 aliphatic heterocycles. The van der Waals surface area contributed by atoms with E-state index in [0.717, 1.165) is 34.3 Å². The number of rotatable bonds is 5. The van der Waals surface area contributed by atoms with E-state index in [4.69, 9.17) is 9.97 Å². The molecular weight excluding hydrogens is 308 g/mol. The summed E-state index contributed by atoms with van der Waals surface area (Å²) in [4.78, 5) is 9.39. The van der Waals surface area contributed by atoms with E-state index in [1.54, 1.807) is 21.6 Å². The van der Waals surface area contributed by atoms with E-state index < -0.39 is 0 Å². The van der Waals surface area contributed by atoms with Gasteiger partial charge in [0.25, 0.3) is 0 Å². The van der Waals surface area contributed by atoms with Gasteiger partial charge in [0.2, 0.25) is 0 Å². The van der Waals surface area contributed by atoms with Crippen LogP contribution in [0.3, 0.4) is 0 Å². The average Bonchev–Trinajstić information content (AvgIpc) is 2.51. The Hall–Kier alpha value is -1.00. The highest BCUT2D eigenvalue weighted by molar-refractivity contribution is 8.76. The lowest BCUT2D eigenvalue weighted by Crippen LogP contribution is -1.96. The van der Waals surface area contributed by atoms with Gasteiger partial charge in [0.15, 0.2) is 0 Å². The molecule has 0 saturated carbocycles. The normalized spacial score (nSPS) is 11.0. The first kappa shape index (κ1) is 17.4. The summed E-state index contributed by atoms with van der Waals surface area (Å²) < 4.78 is 0. The van der Waals surface area contributed by atoms with Gasteiger partial charge in [0.1, 0.15) is 10.1 Å². The molecule has 2 rings (SSSR count). The molecule has 0 atom stereocenters. The molecule has 0 aliphatic rings. The predicted molar refractivity (Wildman–Crippen MR) is 97.9 cm³/mol. The third-order valence-corrected chi connectivity index (χ3v) is 6.29. The van der Waals surface area contributed by atoms with Gasteiger partial charge in [-0.1, -0.05) is 13.8 Å². The fourth-order valence-electron chi connectivity index (χ4n) is 2.45. The van der Waals surface area contributed by atoms with Crippen LogP contribution in [0.25, 0.3) is 0 Å². The molecule has 2 aromatic rings. The Morgan fingerprint density at radius 3 is 1.41 bits per heavy atom.